The minimum absolute atomic E-state index is 0.0982. The van der Waals surface area contributed by atoms with Gasteiger partial charge >= 0.3 is 6.18 Å². The lowest BCUT2D eigenvalue weighted by Gasteiger charge is -2.10. The highest BCUT2D eigenvalue weighted by Gasteiger charge is 2.32. The molecule has 0 saturated heterocycles. The topological polar surface area (TPSA) is 39.2 Å². The number of hydrogen-bond acceptors (Lipinski definition) is 2. The Hall–Kier alpha value is -0.0100. The maximum Gasteiger partial charge on any atom is 0.391 e. The minimum Gasteiger partial charge on any atom is -0.451 e. The van der Waals surface area contributed by atoms with Gasteiger partial charge in [-0.15, -0.1) is 0 Å². The highest BCUT2D eigenvalue weighted by atomic mass is 79.9. The number of furan rings is 1. The molecule has 14 heavy (non-hydrogen) atoms. The van der Waals surface area contributed by atoms with Gasteiger partial charge in [-0.3, -0.25) is 0 Å². The first-order valence-corrected chi connectivity index (χ1v) is 5.15. The molecule has 0 saturated carbocycles. The summed E-state index contributed by atoms with van der Waals surface area (Å²) in [5.74, 6) is 0.0982. The normalized spacial score (nSPS) is 14.4. The molecule has 2 nitrogen and oxygen atoms in total. The maximum atomic E-state index is 12.0. The van der Waals surface area contributed by atoms with Crippen molar-refractivity contribution in [3.8, 4) is 0 Å². The van der Waals surface area contributed by atoms with Crippen LogP contribution in [0, 0.1) is 0 Å². The molecule has 1 heterocycles. The van der Waals surface area contributed by atoms with Crippen LogP contribution in [-0.4, -0.2) is 6.18 Å². The zero-order valence-corrected chi connectivity index (χ0v) is 9.91. The van der Waals surface area contributed by atoms with Gasteiger partial charge in [0.15, 0.2) is 4.67 Å². The molecule has 2 N–H and O–H groups in total. The van der Waals surface area contributed by atoms with Crippen LogP contribution in [0.15, 0.2) is 19.6 Å². The van der Waals surface area contributed by atoms with E-state index in [-0.39, 0.29) is 5.76 Å². The molecule has 0 bridgehead atoms. The van der Waals surface area contributed by atoms with Crippen LogP contribution in [-0.2, 0) is 0 Å². The third kappa shape index (κ3) is 3.29. The van der Waals surface area contributed by atoms with Crippen LogP contribution in [0.5, 0.6) is 0 Å². The van der Waals surface area contributed by atoms with Crippen molar-refractivity contribution < 1.29 is 17.6 Å². The molecule has 0 aliphatic rings. The van der Waals surface area contributed by atoms with Crippen molar-refractivity contribution >= 4 is 31.9 Å². The minimum atomic E-state index is -4.29. The molecule has 0 aromatic carbocycles. The van der Waals surface area contributed by atoms with E-state index in [4.69, 9.17) is 10.2 Å². The van der Waals surface area contributed by atoms with Gasteiger partial charge in [-0.2, -0.15) is 13.2 Å². The van der Waals surface area contributed by atoms with Crippen molar-refractivity contribution in [3.05, 3.63) is 21.0 Å². The molecule has 7 heteroatoms. The van der Waals surface area contributed by atoms with Crippen LogP contribution in [0.4, 0.5) is 13.2 Å². The highest BCUT2D eigenvalue weighted by Crippen LogP contribution is 2.33. The molecule has 0 aliphatic heterocycles. The Labute approximate surface area is 94.9 Å². The quantitative estimate of drug-likeness (QED) is 0.893. The van der Waals surface area contributed by atoms with E-state index in [2.05, 4.69) is 31.9 Å². The molecule has 1 rings (SSSR count). The van der Waals surface area contributed by atoms with E-state index in [1.807, 2.05) is 0 Å². The van der Waals surface area contributed by atoms with Gasteiger partial charge in [-0.1, -0.05) is 0 Å². The summed E-state index contributed by atoms with van der Waals surface area (Å²) in [5.41, 5.74) is 5.31. The first kappa shape index (κ1) is 12.1. The highest BCUT2D eigenvalue weighted by molar-refractivity contribution is 9.13. The third-order valence-electron chi connectivity index (χ3n) is 1.48. The molecule has 80 valence electrons. The van der Waals surface area contributed by atoms with Crippen molar-refractivity contribution in [1.82, 2.24) is 0 Å². The largest absolute Gasteiger partial charge is 0.451 e. The molecule has 1 aromatic heterocycles. The van der Waals surface area contributed by atoms with E-state index >= 15 is 0 Å². The summed E-state index contributed by atoms with van der Waals surface area (Å²) < 4.78 is 41.7. The molecule has 1 atom stereocenters. The SMILES string of the molecule is NC(CC(F)(F)F)c1cc(Br)c(Br)o1. The second-order valence-corrected chi connectivity index (χ2v) is 4.27. The van der Waals surface area contributed by atoms with Gasteiger partial charge in [0.2, 0.25) is 0 Å². The summed E-state index contributed by atoms with van der Waals surface area (Å²) in [6, 6.07) is 0.248. The smallest absolute Gasteiger partial charge is 0.391 e. The zero-order chi connectivity index (χ0) is 10.9. The summed E-state index contributed by atoms with van der Waals surface area (Å²) in [6.45, 7) is 0. The number of halogens is 5. The summed E-state index contributed by atoms with van der Waals surface area (Å²) >= 11 is 6.10. The number of hydrogen-bond donors (Lipinski definition) is 1. The van der Waals surface area contributed by atoms with E-state index in [1.165, 1.54) is 6.07 Å². The average Bonchev–Trinajstić information content (AvgIpc) is 2.28. The van der Waals surface area contributed by atoms with Gasteiger partial charge in [-0.25, -0.2) is 0 Å². The Kier molecular flexibility index (Phi) is 3.65. The van der Waals surface area contributed by atoms with E-state index in [9.17, 15) is 13.2 Å². The van der Waals surface area contributed by atoms with Gasteiger partial charge < -0.3 is 10.2 Å². The van der Waals surface area contributed by atoms with Gasteiger partial charge in [0.25, 0.3) is 0 Å². The van der Waals surface area contributed by atoms with Crippen LogP contribution in [0.2, 0.25) is 0 Å². The third-order valence-corrected chi connectivity index (χ3v) is 3.19. The van der Waals surface area contributed by atoms with E-state index in [1.54, 1.807) is 0 Å². The van der Waals surface area contributed by atoms with Gasteiger partial charge in [0.05, 0.1) is 16.9 Å². The van der Waals surface area contributed by atoms with Crippen molar-refractivity contribution in [2.24, 2.45) is 5.73 Å². The van der Waals surface area contributed by atoms with Crippen molar-refractivity contribution in [2.75, 3.05) is 0 Å². The maximum absolute atomic E-state index is 12.0. The van der Waals surface area contributed by atoms with Gasteiger partial charge in [-0.05, 0) is 37.9 Å². The van der Waals surface area contributed by atoms with Crippen LogP contribution < -0.4 is 5.73 Å². The molecule has 0 spiro atoms. The van der Waals surface area contributed by atoms with Crippen molar-refractivity contribution in [1.29, 1.82) is 0 Å². The number of rotatable bonds is 2. The molecular formula is C7H6Br2F3NO. The summed E-state index contributed by atoms with van der Waals surface area (Å²) in [7, 11) is 0. The van der Waals surface area contributed by atoms with Crippen LogP contribution in [0.3, 0.4) is 0 Å². The van der Waals surface area contributed by atoms with Crippen molar-refractivity contribution in [2.45, 2.75) is 18.6 Å². The molecule has 0 aliphatic carbocycles. The molecule has 0 radical (unpaired) electrons. The van der Waals surface area contributed by atoms with Gasteiger partial charge in [0.1, 0.15) is 5.76 Å². The Morgan fingerprint density at radius 2 is 2.00 bits per heavy atom. The summed E-state index contributed by atoms with van der Waals surface area (Å²) in [6.07, 6.45) is -5.38. The Balaban J connectivity index is 2.75. The molecule has 1 aromatic rings. The summed E-state index contributed by atoms with van der Waals surface area (Å²) in [4.78, 5) is 0. The predicted molar refractivity (Wildman–Crippen MR) is 51.7 cm³/mol. The summed E-state index contributed by atoms with van der Waals surface area (Å²) in [5, 5.41) is 0. The Morgan fingerprint density at radius 3 is 2.36 bits per heavy atom. The average molecular weight is 337 g/mol. The first-order valence-electron chi connectivity index (χ1n) is 3.56. The monoisotopic (exact) mass is 335 g/mol. The Bertz CT molecular complexity index is 304. The zero-order valence-electron chi connectivity index (χ0n) is 6.74. The molecule has 0 fully saturated rings. The Morgan fingerprint density at radius 1 is 1.43 bits per heavy atom. The lowest BCUT2D eigenvalue weighted by molar-refractivity contribution is -0.139. The fourth-order valence-corrected chi connectivity index (χ4v) is 1.50. The van der Waals surface area contributed by atoms with E-state index in [0.717, 1.165) is 0 Å². The first-order chi connectivity index (χ1) is 6.29. The molecule has 1 unspecified atom stereocenters. The van der Waals surface area contributed by atoms with Crippen LogP contribution >= 0.6 is 31.9 Å². The van der Waals surface area contributed by atoms with Crippen molar-refractivity contribution in [3.63, 3.8) is 0 Å². The standard InChI is InChI=1S/C7H6Br2F3NO/c8-3-1-5(14-6(3)9)4(13)2-7(10,11)12/h1,4H,2,13H2. The van der Waals surface area contributed by atoms with E-state index < -0.39 is 18.6 Å². The number of nitrogens with two attached hydrogens (primary N) is 1. The van der Waals surface area contributed by atoms with E-state index in [0.29, 0.717) is 9.14 Å². The fourth-order valence-electron chi connectivity index (χ4n) is 0.896. The second-order valence-electron chi connectivity index (χ2n) is 2.70. The fraction of sp³-hybridized carbons (Fsp3) is 0.429. The van der Waals surface area contributed by atoms with Crippen LogP contribution in [0.25, 0.3) is 0 Å². The molecular weight excluding hydrogens is 331 g/mol. The lowest BCUT2D eigenvalue weighted by Crippen LogP contribution is -2.19. The predicted octanol–water partition coefficient (Wildman–Crippen LogP) is 3.76. The van der Waals surface area contributed by atoms with Crippen LogP contribution in [0.1, 0.15) is 18.2 Å². The molecule has 0 amide bonds. The second kappa shape index (κ2) is 4.24. The van der Waals surface area contributed by atoms with Gasteiger partial charge in [0, 0.05) is 0 Å². The lowest BCUT2D eigenvalue weighted by atomic mass is 10.2. The number of alkyl halides is 3.